The van der Waals surface area contributed by atoms with E-state index in [9.17, 15) is 8.42 Å². The monoisotopic (exact) mass is 264 g/mol. The van der Waals surface area contributed by atoms with Gasteiger partial charge in [-0.1, -0.05) is 18.2 Å². The third-order valence-corrected chi connectivity index (χ3v) is 3.01. The molecule has 0 amide bonds. The molecule has 0 saturated heterocycles. The van der Waals surface area contributed by atoms with Gasteiger partial charge in [0.2, 0.25) is 15.0 Å². The van der Waals surface area contributed by atoms with Crippen molar-refractivity contribution in [2.24, 2.45) is 0 Å². The van der Waals surface area contributed by atoms with Crippen molar-refractivity contribution >= 4 is 9.84 Å². The average Bonchev–Trinajstić information content (AvgIpc) is 2.37. The van der Waals surface area contributed by atoms with Crippen LogP contribution in [0.5, 0.6) is 5.75 Å². The van der Waals surface area contributed by atoms with Gasteiger partial charge in [0.15, 0.2) is 0 Å². The minimum absolute atomic E-state index is 0.184. The first-order chi connectivity index (χ1) is 8.55. The molecule has 0 spiro atoms. The van der Waals surface area contributed by atoms with Gasteiger partial charge >= 0.3 is 0 Å². The van der Waals surface area contributed by atoms with Crippen LogP contribution in [0.2, 0.25) is 0 Å². The highest BCUT2D eigenvalue weighted by Crippen LogP contribution is 2.11. The number of benzene rings is 1. The van der Waals surface area contributed by atoms with Crippen molar-refractivity contribution in [1.82, 2.24) is 9.97 Å². The Morgan fingerprint density at radius 3 is 2.56 bits per heavy atom. The zero-order valence-corrected chi connectivity index (χ0v) is 10.6. The lowest BCUT2D eigenvalue weighted by Crippen LogP contribution is -2.07. The summed E-state index contributed by atoms with van der Waals surface area (Å²) in [5, 5.41) is -0.184. The molecule has 0 saturated carbocycles. The quantitative estimate of drug-likeness (QED) is 0.782. The van der Waals surface area contributed by atoms with E-state index in [1.807, 2.05) is 30.3 Å². The van der Waals surface area contributed by atoms with E-state index in [0.717, 1.165) is 6.26 Å². The van der Waals surface area contributed by atoms with Crippen LogP contribution in [0, 0.1) is 0 Å². The van der Waals surface area contributed by atoms with Gasteiger partial charge in [0, 0.05) is 12.5 Å². The molecular weight excluding hydrogens is 252 g/mol. The molecule has 1 aromatic carbocycles. The lowest BCUT2D eigenvalue weighted by Gasteiger charge is -2.05. The molecular formula is C12H12N2O3S. The van der Waals surface area contributed by atoms with Crippen molar-refractivity contribution in [3.05, 3.63) is 48.3 Å². The first-order valence-corrected chi connectivity index (χ1v) is 7.15. The van der Waals surface area contributed by atoms with Crippen molar-refractivity contribution in [3.8, 4) is 5.75 Å². The number of para-hydroxylation sites is 1. The molecule has 0 fully saturated rings. The van der Waals surface area contributed by atoms with Gasteiger partial charge in [-0.15, -0.1) is 0 Å². The summed E-state index contributed by atoms with van der Waals surface area (Å²) < 4.78 is 28.1. The van der Waals surface area contributed by atoms with Crippen molar-refractivity contribution in [1.29, 1.82) is 0 Å². The van der Waals surface area contributed by atoms with Crippen LogP contribution in [0.15, 0.2) is 47.8 Å². The SMILES string of the molecule is CS(=O)(=O)c1nccc(COc2ccccc2)n1. The first kappa shape index (κ1) is 12.5. The summed E-state index contributed by atoms with van der Waals surface area (Å²) in [7, 11) is -3.39. The second kappa shape index (κ2) is 5.14. The van der Waals surface area contributed by atoms with Crippen molar-refractivity contribution in [3.63, 3.8) is 0 Å². The van der Waals surface area contributed by atoms with Crippen LogP contribution in [0.25, 0.3) is 0 Å². The Hall–Kier alpha value is -1.95. The molecule has 0 aliphatic carbocycles. The van der Waals surface area contributed by atoms with Crippen molar-refractivity contribution < 1.29 is 13.2 Å². The molecule has 0 atom stereocenters. The zero-order valence-electron chi connectivity index (χ0n) is 9.78. The molecule has 0 radical (unpaired) electrons. The Bertz CT molecular complexity index is 627. The van der Waals surface area contributed by atoms with Crippen LogP contribution >= 0.6 is 0 Å². The van der Waals surface area contributed by atoms with E-state index in [2.05, 4.69) is 9.97 Å². The Labute approximate surface area is 105 Å². The van der Waals surface area contributed by atoms with Crippen LogP contribution in [0.3, 0.4) is 0 Å². The van der Waals surface area contributed by atoms with Gasteiger partial charge < -0.3 is 4.74 Å². The highest BCUT2D eigenvalue weighted by molar-refractivity contribution is 7.90. The number of sulfone groups is 1. The second-order valence-corrected chi connectivity index (χ2v) is 5.61. The number of nitrogens with zero attached hydrogens (tertiary/aromatic N) is 2. The highest BCUT2D eigenvalue weighted by atomic mass is 32.2. The summed E-state index contributed by atoms with van der Waals surface area (Å²) >= 11 is 0. The van der Waals surface area contributed by atoms with Gasteiger partial charge in [-0.25, -0.2) is 18.4 Å². The number of hydrogen-bond donors (Lipinski definition) is 0. The molecule has 2 rings (SSSR count). The number of hydrogen-bond acceptors (Lipinski definition) is 5. The Kier molecular flexibility index (Phi) is 3.57. The maximum absolute atomic E-state index is 11.3. The average molecular weight is 264 g/mol. The summed E-state index contributed by atoms with van der Waals surface area (Å²) in [6, 6.07) is 10.9. The van der Waals surface area contributed by atoms with Gasteiger partial charge in [-0.2, -0.15) is 0 Å². The maximum Gasteiger partial charge on any atom is 0.247 e. The van der Waals surface area contributed by atoms with Gasteiger partial charge in [0.1, 0.15) is 12.4 Å². The smallest absolute Gasteiger partial charge is 0.247 e. The predicted octanol–water partition coefficient (Wildman–Crippen LogP) is 1.46. The van der Waals surface area contributed by atoms with Gasteiger partial charge in [-0.3, -0.25) is 0 Å². The zero-order chi connectivity index (χ0) is 13.0. The van der Waals surface area contributed by atoms with E-state index in [-0.39, 0.29) is 11.8 Å². The summed E-state index contributed by atoms with van der Waals surface area (Å²) in [4.78, 5) is 7.65. The number of aromatic nitrogens is 2. The molecule has 94 valence electrons. The molecule has 0 unspecified atom stereocenters. The molecule has 5 nitrogen and oxygen atoms in total. The summed E-state index contributed by atoms with van der Waals surface area (Å²) in [5.74, 6) is 0.706. The van der Waals surface area contributed by atoms with E-state index in [4.69, 9.17) is 4.74 Å². The van der Waals surface area contributed by atoms with E-state index < -0.39 is 9.84 Å². The normalized spacial score (nSPS) is 11.2. The molecule has 1 heterocycles. The van der Waals surface area contributed by atoms with Crippen molar-refractivity contribution in [2.75, 3.05) is 6.26 Å². The molecule has 1 aromatic heterocycles. The van der Waals surface area contributed by atoms with E-state index in [0.29, 0.717) is 11.4 Å². The lowest BCUT2D eigenvalue weighted by atomic mass is 10.3. The topological polar surface area (TPSA) is 69.2 Å². The molecule has 0 N–H and O–H groups in total. The van der Waals surface area contributed by atoms with Gasteiger partial charge in [0.25, 0.3) is 0 Å². The molecule has 18 heavy (non-hydrogen) atoms. The highest BCUT2D eigenvalue weighted by Gasteiger charge is 2.11. The largest absolute Gasteiger partial charge is 0.487 e. The standard InChI is InChI=1S/C12H12N2O3S/c1-18(15,16)12-13-8-7-10(14-12)9-17-11-5-3-2-4-6-11/h2-8H,9H2,1H3. The Morgan fingerprint density at radius 1 is 1.17 bits per heavy atom. The minimum atomic E-state index is -3.39. The van der Waals surface area contributed by atoms with Crippen LogP contribution in [0.4, 0.5) is 0 Å². The van der Waals surface area contributed by atoms with Gasteiger partial charge in [-0.05, 0) is 18.2 Å². The molecule has 0 bridgehead atoms. The van der Waals surface area contributed by atoms with Crippen LogP contribution < -0.4 is 4.74 Å². The predicted molar refractivity (Wildman–Crippen MR) is 65.9 cm³/mol. The van der Waals surface area contributed by atoms with Crippen LogP contribution in [-0.2, 0) is 16.4 Å². The molecule has 2 aromatic rings. The van der Waals surface area contributed by atoms with E-state index in [1.54, 1.807) is 6.07 Å². The fraction of sp³-hybridized carbons (Fsp3) is 0.167. The minimum Gasteiger partial charge on any atom is -0.487 e. The summed E-state index contributed by atoms with van der Waals surface area (Å²) in [6.45, 7) is 0.203. The third kappa shape index (κ3) is 3.27. The maximum atomic E-state index is 11.3. The lowest BCUT2D eigenvalue weighted by molar-refractivity contribution is 0.300. The Balaban J connectivity index is 2.11. The van der Waals surface area contributed by atoms with E-state index in [1.165, 1.54) is 6.20 Å². The summed E-state index contributed by atoms with van der Waals surface area (Å²) in [6.07, 6.45) is 2.48. The van der Waals surface area contributed by atoms with Crippen LogP contribution in [0.1, 0.15) is 5.69 Å². The van der Waals surface area contributed by atoms with Gasteiger partial charge in [0.05, 0.1) is 5.69 Å². The molecule has 0 aliphatic heterocycles. The summed E-state index contributed by atoms with van der Waals surface area (Å²) in [5.41, 5.74) is 0.522. The number of ether oxygens (including phenoxy) is 1. The van der Waals surface area contributed by atoms with E-state index >= 15 is 0 Å². The second-order valence-electron chi connectivity index (χ2n) is 3.70. The fourth-order valence-corrected chi connectivity index (χ4v) is 1.84. The fourth-order valence-electron chi connectivity index (χ4n) is 1.31. The van der Waals surface area contributed by atoms with Crippen LogP contribution in [-0.4, -0.2) is 24.6 Å². The third-order valence-electron chi connectivity index (χ3n) is 2.15. The molecule has 0 aliphatic rings. The Morgan fingerprint density at radius 2 is 1.89 bits per heavy atom. The first-order valence-electron chi connectivity index (χ1n) is 5.25. The van der Waals surface area contributed by atoms with Crippen molar-refractivity contribution in [2.45, 2.75) is 11.8 Å². The number of rotatable bonds is 4. The molecule has 6 heteroatoms.